The van der Waals surface area contributed by atoms with Crippen LogP contribution in [0.2, 0.25) is 0 Å². The standard InChI is InChI=1S/C23H39F3N2O6S.CH2O2/c1-10(2)7-12-5-6-33-19-13(8-12)9-27-15(19)21(32)28-14(11(3)23(24,25)26)20-17(30)16(29)18(31)22(34-20)35-4;2-1-3/h10-20,22,27,29-31H,5-9H2,1-4H3,(H,28,32);1H,(H,2,3)/t11?,12-,13-,14+,15-,16-,17+,18+,19+,20+,22+;/m0./s1. The van der Waals surface area contributed by atoms with E-state index in [-0.39, 0.29) is 12.4 Å². The number of rotatable bonds is 7. The van der Waals surface area contributed by atoms with E-state index >= 15 is 0 Å². The molecule has 3 saturated heterocycles. The van der Waals surface area contributed by atoms with Crippen molar-refractivity contribution in [3.8, 4) is 0 Å². The van der Waals surface area contributed by atoms with Gasteiger partial charge < -0.3 is 40.5 Å². The van der Waals surface area contributed by atoms with Crippen LogP contribution in [0.25, 0.3) is 0 Å². The topological polar surface area (TPSA) is 158 Å². The van der Waals surface area contributed by atoms with E-state index in [1.807, 2.05) is 0 Å². The molecule has 3 fully saturated rings. The third-order valence-corrected chi connectivity index (χ3v) is 8.36. The lowest BCUT2D eigenvalue weighted by Crippen LogP contribution is -2.66. The molecule has 3 aliphatic rings. The Morgan fingerprint density at radius 2 is 1.82 bits per heavy atom. The van der Waals surface area contributed by atoms with Gasteiger partial charge in [0.1, 0.15) is 35.9 Å². The van der Waals surface area contributed by atoms with Gasteiger partial charge in [0.2, 0.25) is 5.91 Å². The minimum absolute atomic E-state index is 0.0739. The third-order valence-electron chi connectivity index (χ3n) is 7.51. The molecule has 3 aliphatic heterocycles. The van der Waals surface area contributed by atoms with Gasteiger partial charge in [-0.3, -0.25) is 9.59 Å². The van der Waals surface area contributed by atoms with Crippen molar-refractivity contribution in [2.45, 2.75) is 94.2 Å². The van der Waals surface area contributed by atoms with E-state index in [1.54, 1.807) is 6.26 Å². The summed E-state index contributed by atoms with van der Waals surface area (Å²) in [4.78, 5) is 21.6. The Hall–Kier alpha value is -1.16. The Morgan fingerprint density at radius 3 is 2.37 bits per heavy atom. The number of aliphatic hydroxyl groups excluding tert-OH is 3. The molecule has 10 nitrogen and oxygen atoms in total. The highest BCUT2D eigenvalue weighted by Crippen LogP contribution is 2.37. The van der Waals surface area contributed by atoms with Crippen LogP contribution in [0.4, 0.5) is 13.2 Å². The van der Waals surface area contributed by atoms with Gasteiger partial charge >= 0.3 is 6.18 Å². The molecule has 3 rings (SSSR count). The van der Waals surface area contributed by atoms with E-state index in [4.69, 9.17) is 19.4 Å². The van der Waals surface area contributed by atoms with E-state index in [1.165, 1.54) is 0 Å². The Kier molecular flexibility index (Phi) is 12.6. The normalized spacial score (nSPS) is 37.3. The average molecular weight is 575 g/mol. The van der Waals surface area contributed by atoms with Crippen LogP contribution in [0.1, 0.15) is 40.0 Å². The first-order valence-corrected chi connectivity index (χ1v) is 14.1. The molecule has 0 aliphatic carbocycles. The summed E-state index contributed by atoms with van der Waals surface area (Å²) in [6, 6.07) is -2.53. The number of halogens is 3. The third kappa shape index (κ3) is 8.18. The van der Waals surface area contributed by atoms with Gasteiger partial charge in [-0.2, -0.15) is 13.2 Å². The number of ether oxygens (including phenoxy) is 2. The monoisotopic (exact) mass is 574 g/mol. The number of amides is 1. The second-order valence-electron chi connectivity index (χ2n) is 10.6. The van der Waals surface area contributed by atoms with E-state index in [9.17, 15) is 33.3 Å². The van der Waals surface area contributed by atoms with Crippen molar-refractivity contribution in [1.29, 1.82) is 0 Å². The summed E-state index contributed by atoms with van der Waals surface area (Å²) in [5.74, 6) is -1.68. The maximum absolute atomic E-state index is 13.8. The quantitative estimate of drug-likeness (QED) is 0.242. The van der Waals surface area contributed by atoms with Gasteiger partial charge in [-0.15, -0.1) is 11.8 Å². The first-order chi connectivity index (χ1) is 17.8. The van der Waals surface area contributed by atoms with E-state index in [0.717, 1.165) is 37.9 Å². The second-order valence-corrected chi connectivity index (χ2v) is 11.6. The first-order valence-electron chi connectivity index (χ1n) is 12.8. The molecule has 0 aromatic rings. The molecule has 0 aromatic carbocycles. The number of carbonyl (C=O) groups excluding carboxylic acids is 1. The summed E-state index contributed by atoms with van der Waals surface area (Å²) >= 11 is 0.996. The largest absolute Gasteiger partial charge is 0.483 e. The number of carbonyl (C=O) groups is 2. The molecule has 38 heavy (non-hydrogen) atoms. The number of carboxylic acid groups (broad SMARTS) is 1. The van der Waals surface area contributed by atoms with E-state index in [0.29, 0.717) is 25.0 Å². The lowest BCUT2D eigenvalue weighted by Gasteiger charge is -2.45. The van der Waals surface area contributed by atoms with Gasteiger partial charge in [0.05, 0.1) is 18.1 Å². The fourth-order valence-electron chi connectivity index (χ4n) is 5.59. The maximum Gasteiger partial charge on any atom is 0.393 e. The van der Waals surface area contributed by atoms with Crippen molar-refractivity contribution in [2.75, 3.05) is 19.4 Å². The van der Waals surface area contributed by atoms with Crippen LogP contribution in [0.5, 0.6) is 0 Å². The Labute approximate surface area is 225 Å². The van der Waals surface area contributed by atoms with Crippen LogP contribution in [0.3, 0.4) is 0 Å². The van der Waals surface area contributed by atoms with Crippen LogP contribution in [-0.2, 0) is 19.1 Å². The fourth-order valence-corrected chi connectivity index (χ4v) is 6.27. The van der Waals surface area contributed by atoms with Crippen LogP contribution in [-0.4, -0.2) is 106 Å². The molecule has 6 N–H and O–H groups in total. The Bertz CT molecular complexity index is 763. The van der Waals surface area contributed by atoms with Gasteiger partial charge in [0.15, 0.2) is 0 Å². The van der Waals surface area contributed by atoms with Crippen LogP contribution >= 0.6 is 11.8 Å². The summed E-state index contributed by atoms with van der Waals surface area (Å²) < 4.78 is 53.0. The molecule has 14 heteroatoms. The van der Waals surface area contributed by atoms with Crippen LogP contribution < -0.4 is 10.6 Å². The minimum atomic E-state index is -4.70. The molecule has 11 atom stereocenters. The van der Waals surface area contributed by atoms with Crippen molar-refractivity contribution in [3.63, 3.8) is 0 Å². The highest BCUT2D eigenvalue weighted by Gasteiger charge is 2.54. The molecular weight excluding hydrogens is 533 g/mol. The smallest absolute Gasteiger partial charge is 0.393 e. The number of hydrogen-bond acceptors (Lipinski definition) is 9. The molecule has 0 saturated carbocycles. The molecule has 222 valence electrons. The molecule has 3 heterocycles. The highest BCUT2D eigenvalue weighted by molar-refractivity contribution is 7.99. The molecule has 1 unspecified atom stereocenters. The van der Waals surface area contributed by atoms with Gasteiger partial charge in [0, 0.05) is 13.2 Å². The molecule has 0 bridgehead atoms. The molecule has 0 spiro atoms. The van der Waals surface area contributed by atoms with Crippen molar-refractivity contribution >= 4 is 24.1 Å². The Morgan fingerprint density at radius 1 is 1.18 bits per heavy atom. The van der Waals surface area contributed by atoms with E-state index < -0.39 is 66.0 Å². The summed E-state index contributed by atoms with van der Waals surface area (Å²) in [6.45, 7) is 5.98. The zero-order valence-corrected chi connectivity index (χ0v) is 22.8. The highest BCUT2D eigenvalue weighted by atomic mass is 32.2. The SMILES string of the molecule is CS[C@H]1O[C@H]([C@H](NC(=O)[C@H]2NC[C@@H]3C[C@H](CC(C)C)CCO[C@H]32)C(C)C(F)(F)F)[C@H](O)[C@H](O)[C@H]1O.O=CO. The predicted molar refractivity (Wildman–Crippen MR) is 133 cm³/mol. The van der Waals surface area contributed by atoms with Gasteiger partial charge in [-0.05, 0) is 43.3 Å². The second kappa shape index (κ2) is 14.5. The summed E-state index contributed by atoms with van der Waals surface area (Å²) in [5, 5.41) is 43.3. The molecule has 0 aromatic heterocycles. The molecular formula is C24H41F3N2O8S. The lowest BCUT2D eigenvalue weighted by molar-refractivity contribution is -0.231. The van der Waals surface area contributed by atoms with Gasteiger partial charge in [0.25, 0.3) is 6.47 Å². The fraction of sp³-hybridized carbons (Fsp3) is 0.917. The van der Waals surface area contributed by atoms with Crippen LogP contribution in [0.15, 0.2) is 0 Å². The summed E-state index contributed by atoms with van der Waals surface area (Å²) in [7, 11) is 0. The number of aliphatic hydroxyl groups is 3. The number of fused-ring (bicyclic) bond motifs is 1. The first kappa shape index (κ1) is 33.0. The zero-order chi connectivity index (χ0) is 28.8. The van der Waals surface area contributed by atoms with Crippen molar-refractivity contribution < 1.29 is 52.7 Å². The summed E-state index contributed by atoms with van der Waals surface area (Å²) in [6.07, 6.45) is -7.38. The van der Waals surface area contributed by atoms with Crippen LogP contribution in [0, 0.1) is 23.7 Å². The zero-order valence-electron chi connectivity index (χ0n) is 22.0. The maximum atomic E-state index is 13.8. The lowest BCUT2D eigenvalue weighted by atomic mass is 9.85. The van der Waals surface area contributed by atoms with Crippen molar-refractivity contribution in [3.05, 3.63) is 0 Å². The number of alkyl halides is 3. The Balaban J connectivity index is 0.00000161. The number of nitrogens with one attached hydrogen (secondary N) is 2. The summed E-state index contributed by atoms with van der Waals surface area (Å²) in [5.41, 5.74) is -1.06. The van der Waals surface area contributed by atoms with Gasteiger partial charge in [-0.1, -0.05) is 20.8 Å². The minimum Gasteiger partial charge on any atom is -0.483 e. The molecule has 0 radical (unpaired) electrons. The van der Waals surface area contributed by atoms with Gasteiger partial charge in [-0.25, -0.2) is 0 Å². The van der Waals surface area contributed by atoms with Crippen molar-refractivity contribution in [1.82, 2.24) is 10.6 Å². The van der Waals surface area contributed by atoms with E-state index in [2.05, 4.69) is 24.5 Å². The predicted octanol–water partition coefficient (Wildman–Crippen LogP) is 0.970. The average Bonchev–Trinajstić information content (AvgIpc) is 3.12. The van der Waals surface area contributed by atoms with Crippen molar-refractivity contribution in [2.24, 2.45) is 23.7 Å². The molecule has 1 amide bonds. The number of hydrogen-bond donors (Lipinski definition) is 6. The number of thioether (sulfide) groups is 1.